The molecule has 1 unspecified atom stereocenters. The molecule has 1 aliphatic heterocycles. The second kappa shape index (κ2) is 10.1. The number of benzene rings is 2. The van der Waals surface area contributed by atoms with E-state index in [4.69, 9.17) is 25.8 Å². The largest absolute Gasteiger partial charge is 0.491 e. The summed E-state index contributed by atoms with van der Waals surface area (Å²) in [6.45, 7) is 1.28. The van der Waals surface area contributed by atoms with E-state index < -0.39 is 5.97 Å². The molecular formula is C21H22ClNO5. The van der Waals surface area contributed by atoms with Gasteiger partial charge in [-0.05, 0) is 54.8 Å². The van der Waals surface area contributed by atoms with Crippen LogP contribution in [0.4, 0.5) is 0 Å². The highest BCUT2D eigenvalue weighted by Crippen LogP contribution is 2.17. The number of carbonyl (C=O) groups is 2. The van der Waals surface area contributed by atoms with Crippen LogP contribution in [0.15, 0.2) is 48.5 Å². The van der Waals surface area contributed by atoms with E-state index in [-0.39, 0.29) is 18.6 Å². The van der Waals surface area contributed by atoms with Gasteiger partial charge < -0.3 is 19.5 Å². The van der Waals surface area contributed by atoms with Gasteiger partial charge in [-0.1, -0.05) is 23.7 Å². The summed E-state index contributed by atoms with van der Waals surface area (Å²) in [6.07, 6.45) is 2.20. The van der Waals surface area contributed by atoms with Gasteiger partial charge in [0.2, 0.25) is 0 Å². The van der Waals surface area contributed by atoms with Crippen molar-refractivity contribution in [1.29, 1.82) is 0 Å². The van der Waals surface area contributed by atoms with Crippen LogP contribution in [0.5, 0.6) is 5.75 Å². The maximum absolute atomic E-state index is 12.1. The van der Waals surface area contributed by atoms with Crippen LogP contribution in [0.25, 0.3) is 0 Å². The summed E-state index contributed by atoms with van der Waals surface area (Å²) in [5, 5.41) is 3.32. The first-order valence-electron chi connectivity index (χ1n) is 9.13. The molecule has 0 bridgehead atoms. The summed E-state index contributed by atoms with van der Waals surface area (Å²) < 4.78 is 16.2. The van der Waals surface area contributed by atoms with Crippen molar-refractivity contribution in [2.75, 3.05) is 19.8 Å². The molecular weight excluding hydrogens is 382 g/mol. The average Bonchev–Trinajstić information content (AvgIpc) is 3.24. The summed E-state index contributed by atoms with van der Waals surface area (Å²) in [5.74, 6) is -0.278. The van der Waals surface area contributed by atoms with Gasteiger partial charge in [0.1, 0.15) is 12.4 Å². The van der Waals surface area contributed by atoms with E-state index in [1.807, 2.05) is 12.1 Å². The fourth-order valence-corrected chi connectivity index (χ4v) is 2.85. The number of hydrogen-bond acceptors (Lipinski definition) is 5. The third-order valence-corrected chi connectivity index (χ3v) is 4.54. The number of rotatable bonds is 8. The Morgan fingerprint density at radius 3 is 2.54 bits per heavy atom. The van der Waals surface area contributed by atoms with E-state index in [0.717, 1.165) is 25.0 Å². The lowest BCUT2D eigenvalue weighted by molar-refractivity contribution is -0.124. The summed E-state index contributed by atoms with van der Waals surface area (Å²) in [6, 6.07) is 13.7. The maximum Gasteiger partial charge on any atom is 0.338 e. The van der Waals surface area contributed by atoms with E-state index in [1.165, 1.54) is 0 Å². The van der Waals surface area contributed by atoms with E-state index in [2.05, 4.69) is 5.32 Å². The molecule has 0 aromatic heterocycles. The number of halogens is 1. The third-order valence-electron chi connectivity index (χ3n) is 4.29. The SMILES string of the molecule is O=C(COC(=O)c1ccc(OCC2CCCO2)cc1)NCc1ccc(Cl)cc1. The van der Waals surface area contributed by atoms with Gasteiger partial charge >= 0.3 is 5.97 Å². The van der Waals surface area contributed by atoms with Gasteiger partial charge in [-0.3, -0.25) is 4.79 Å². The van der Waals surface area contributed by atoms with Crippen LogP contribution in [0.3, 0.4) is 0 Å². The second-order valence-corrected chi connectivity index (χ2v) is 6.89. The van der Waals surface area contributed by atoms with Crippen molar-refractivity contribution in [1.82, 2.24) is 5.32 Å². The average molecular weight is 404 g/mol. The van der Waals surface area contributed by atoms with Crippen LogP contribution in [0, 0.1) is 0 Å². The maximum atomic E-state index is 12.1. The first kappa shape index (κ1) is 20.2. The van der Waals surface area contributed by atoms with Crippen LogP contribution < -0.4 is 10.1 Å². The van der Waals surface area contributed by atoms with Crippen LogP contribution >= 0.6 is 11.6 Å². The summed E-state index contributed by atoms with van der Waals surface area (Å²) in [7, 11) is 0. The fraction of sp³-hybridized carbons (Fsp3) is 0.333. The fourth-order valence-electron chi connectivity index (χ4n) is 2.72. The Labute approximate surface area is 168 Å². The molecule has 1 fully saturated rings. The molecule has 1 N–H and O–H groups in total. The molecule has 1 saturated heterocycles. The quantitative estimate of drug-likeness (QED) is 0.684. The van der Waals surface area contributed by atoms with E-state index in [1.54, 1.807) is 36.4 Å². The van der Waals surface area contributed by atoms with Gasteiger partial charge in [0.05, 0.1) is 11.7 Å². The molecule has 3 rings (SSSR count). The van der Waals surface area contributed by atoms with Crippen LogP contribution in [0.1, 0.15) is 28.8 Å². The summed E-state index contributed by atoms with van der Waals surface area (Å²) in [4.78, 5) is 23.9. The minimum Gasteiger partial charge on any atom is -0.491 e. The Balaban J connectivity index is 1.38. The number of esters is 1. The molecule has 28 heavy (non-hydrogen) atoms. The molecule has 6 nitrogen and oxygen atoms in total. The monoisotopic (exact) mass is 403 g/mol. The predicted octanol–water partition coefficient (Wildman–Crippen LogP) is 3.37. The van der Waals surface area contributed by atoms with Crippen molar-refractivity contribution in [3.63, 3.8) is 0 Å². The molecule has 7 heteroatoms. The lowest BCUT2D eigenvalue weighted by atomic mass is 10.2. The molecule has 1 heterocycles. The molecule has 148 valence electrons. The van der Waals surface area contributed by atoms with Crippen molar-refractivity contribution in [2.24, 2.45) is 0 Å². The molecule has 0 spiro atoms. The smallest absolute Gasteiger partial charge is 0.338 e. The number of ether oxygens (including phenoxy) is 3. The van der Waals surface area contributed by atoms with E-state index in [9.17, 15) is 9.59 Å². The van der Waals surface area contributed by atoms with Gasteiger partial charge in [0.15, 0.2) is 6.61 Å². The first-order valence-corrected chi connectivity index (χ1v) is 9.51. The van der Waals surface area contributed by atoms with Gasteiger partial charge in [-0.15, -0.1) is 0 Å². The lowest BCUT2D eigenvalue weighted by Gasteiger charge is -2.11. The highest BCUT2D eigenvalue weighted by atomic mass is 35.5. The predicted molar refractivity (Wildman–Crippen MR) is 104 cm³/mol. The van der Waals surface area contributed by atoms with Gasteiger partial charge in [0, 0.05) is 18.2 Å². The molecule has 1 aliphatic rings. The molecule has 2 aromatic carbocycles. The Hall–Kier alpha value is -2.57. The summed E-state index contributed by atoms with van der Waals surface area (Å²) >= 11 is 5.82. The Morgan fingerprint density at radius 1 is 1.11 bits per heavy atom. The van der Waals surface area contributed by atoms with Crippen LogP contribution in [-0.2, 0) is 20.8 Å². The van der Waals surface area contributed by atoms with Crippen molar-refractivity contribution in [2.45, 2.75) is 25.5 Å². The molecule has 1 amide bonds. The Bertz CT molecular complexity index is 785. The highest BCUT2D eigenvalue weighted by molar-refractivity contribution is 6.30. The highest BCUT2D eigenvalue weighted by Gasteiger charge is 2.16. The van der Waals surface area contributed by atoms with Crippen molar-refractivity contribution < 1.29 is 23.8 Å². The third kappa shape index (κ3) is 6.25. The first-order chi connectivity index (χ1) is 13.6. The van der Waals surface area contributed by atoms with Gasteiger partial charge in [-0.2, -0.15) is 0 Å². The number of amides is 1. The minimum atomic E-state index is -0.563. The zero-order chi connectivity index (χ0) is 19.8. The molecule has 0 aliphatic carbocycles. The van der Waals surface area contributed by atoms with E-state index >= 15 is 0 Å². The molecule has 2 aromatic rings. The van der Waals surface area contributed by atoms with Gasteiger partial charge in [-0.25, -0.2) is 4.79 Å². The second-order valence-electron chi connectivity index (χ2n) is 6.45. The van der Waals surface area contributed by atoms with Crippen molar-refractivity contribution in [3.05, 3.63) is 64.7 Å². The lowest BCUT2D eigenvalue weighted by Crippen LogP contribution is -2.28. The van der Waals surface area contributed by atoms with Crippen LogP contribution in [-0.4, -0.2) is 37.8 Å². The van der Waals surface area contributed by atoms with Gasteiger partial charge in [0.25, 0.3) is 5.91 Å². The zero-order valence-electron chi connectivity index (χ0n) is 15.4. The molecule has 0 radical (unpaired) electrons. The topological polar surface area (TPSA) is 73.9 Å². The normalized spacial score (nSPS) is 15.8. The summed E-state index contributed by atoms with van der Waals surface area (Å²) in [5.41, 5.74) is 1.26. The minimum absolute atomic E-state index is 0.135. The van der Waals surface area contributed by atoms with Crippen molar-refractivity contribution >= 4 is 23.5 Å². The number of nitrogens with one attached hydrogen (secondary N) is 1. The molecule has 0 saturated carbocycles. The Kier molecular flexibility index (Phi) is 7.28. The number of hydrogen-bond donors (Lipinski definition) is 1. The Morgan fingerprint density at radius 2 is 1.86 bits per heavy atom. The zero-order valence-corrected chi connectivity index (χ0v) is 16.1. The van der Waals surface area contributed by atoms with Crippen LogP contribution in [0.2, 0.25) is 5.02 Å². The number of carbonyl (C=O) groups excluding carboxylic acids is 2. The van der Waals surface area contributed by atoms with Crippen molar-refractivity contribution in [3.8, 4) is 5.75 Å². The molecule has 1 atom stereocenters. The van der Waals surface area contributed by atoms with E-state index in [0.29, 0.717) is 29.5 Å². The standard InChI is InChI=1S/C21H22ClNO5/c22-17-7-3-15(4-8-17)12-23-20(24)14-28-21(25)16-5-9-18(10-6-16)27-13-19-2-1-11-26-19/h3-10,19H,1-2,11-14H2,(H,23,24).